The van der Waals surface area contributed by atoms with Gasteiger partial charge < -0.3 is 15.4 Å². The molecule has 2 heterocycles. The third kappa shape index (κ3) is 3.59. The van der Waals surface area contributed by atoms with E-state index in [2.05, 4.69) is 10.3 Å². The Morgan fingerprint density at radius 1 is 1.38 bits per heavy atom. The summed E-state index contributed by atoms with van der Waals surface area (Å²) in [7, 11) is -4.08. The van der Waals surface area contributed by atoms with Crippen LogP contribution in [0, 0.1) is 0 Å². The fraction of sp³-hybridized carbons (Fsp3) is 0.636. The van der Waals surface area contributed by atoms with Gasteiger partial charge in [-0.3, -0.25) is 9.78 Å². The molecule has 0 saturated carbocycles. The fourth-order valence-electron chi connectivity index (χ4n) is 2.31. The molecular weight excluding hydrogens is 300 g/mol. The molecule has 4 N–H and O–H groups in total. The van der Waals surface area contributed by atoms with Gasteiger partial charge in [0.2, 0.25) is 10.0 Å². The molecule has 118 valence electrons. The Hall–Kier alpha value is -1.49. The number of hydrogen-bond acceptors (Lipinski definition) is 6. The Bertz CT molecular complexity index is 689. The molecule has 0 amide bonds. The largest absolute Gasteiger partial charge is 0.395 e. The van der Waals surface area contributed by atoms with Crippen molar-refractivity contribution in [1.82, 2.24) is 19.6 Å². The van der Waals surface area contributed by atoms with E-state index in [4.69, 9.17) is 5.11 Å². The van der Waals surface area contributed by atoms with E-state index in [1.54, 1.807) is 0 Å². The maximum atomic E-state index is 12.5. The third-order valence-corrected chi connectivity index (χ3v) is 5.21. The van der Waals surface area contributed by atoms with Crippen molar-refractivity contribution in [3.8, 4) is 0 Å². The second kappa shape index (κ2) is 6.52. The molecule has 2 rings (SSSR count). The van der Waals surface area contributed by atoms with Crippen molar-refractivity contribution in [1.29, 1.82) is 0 Å². The minimum Gasteiger partial charge on any atom is -0.395 e. The number of aromatic amines is 2. The fourth-order valence-corrected chi connectivity index (χ4v) is 3.78. The molecule has 0 bridgehead atoms. The number of sulfonamides is 1. The van der Waals surface area contributed by atoms with Crippen LogP contribution in [0.1, 0.15) is 12.8 Å². The van der Waals surface area contributed by atoms with Crippen LogP contribution in [0.15, 0.2) is 20.7 Å². The predicted molar refractivity (Wildman–Crippen MR) is 74.6 cm³/mol. The molecule has 9 nitrogen and oxygen atoms in total. The van der Waals surface area contributed by atoms with E-state index in [1.807, 2.05) is 4.98 Å². The van der Waals surface area contributed by atoms with Crippen molar-refractivity contribution in [2.75, 3.05) is 26.2 Å². The topological polar surface area (TPSA) is 135 Å². The number of aliphatic hydroxyl groups excluding tert-OH is 1. The lowest BCUT2D eigenvalue weighted by Crippen LogP contribution is -2.44. The van der Waals surface area contributed by atoms with Crippen molar-refractivity contribution in [3.63, 3.8) is 0 Å². The Morgan fingerprint density at radius 3 is 2.71 bits per heavy atom. The summed E-state index contributed by atoms with van der Waals surface area (Å²) in [6.07, 6.45) is 2.67. The van der Waals surface area contributed by atoms with Crippen molar-refractivity contribution in [2.45, 2.75) is 23.8 Å². The summed E-state index contributed by atoms with van der Waals surface area (Å²) < 4.78 is 26.0. The molecule has 1 aromatic rings. The Kier molecular flexibility index (Phi) is 4.93. The lowest BCUT2D eigenvalue weighted by Gasteiger charge is -2.24. The molecule has 0 radical (unpaired) electrons. The monoisotopic (exact) mass is 318 g/mol. The number of nitrogens with zero attached hydrogens (tertiary/aromatic N) is 1. The highest BCUT2D eigenvalue weighted by atomic mass is 32.2. The van der Waals surface area contributed by atoms with Crippen molar-refractivity contribution in [3.05, 3.63) is 27.0 Å². The molecule has 0 spiro atoms. The van der Waals surface area contributed by atoms with Crippen LogP contribution in [-0.2, 0) is 10.0 Å². The van der Waals surface area contributed by atoms with Gasteiger partial charge >= 0.3 is 5.69 Å². The smallest absolute Gasteiger partial charge is 0.325 e. The summed E-state index contributed by atoms with van der Waals surface area (Å²) in [5.74, 6) is 0. The highest BCUT2D eigenvalue weighted by Crippen LogP contribution is 2.14. The summed E-state index contributed by atoms with van der Waals surface area (Å²) in [6, 6.07) is -0.00633. The number of rotatable bonds is 6. The lowest BCUT2D eigenvalue weighted by atomic mass is 10.2. The molecule has 0 aliphatic carbocycles. The zero-order valence-electron chi connectivity index (χ0n) is 11.3. The molecule has 0 aromatic carbocycles. The zero-order valence-corrected chi connectivity index (χ0v) is 12.1. The summed E-state index contributed by atoms with van der Waals surface area (Å²) in [5, 5.41) is 12.2. The Morgan fingerprint density at radius 2 is 2.14 bits per heavy atom. The van der Waals surface area contributed by atoms with Gasteiger partial charge in [-0.1, -0.05) is 0 Å². The van der Waals surface area contributed by atoms with Crippen LogP contribution in [0.2, 0.25) is 0 Å². The van der Waals surface area contributed by atoms with Crippen molar-refractivity contribution in [2.24, 2.45) is 0 Å². The number of H-pyrrole nitrogens is 2. The quantitative estimate of drug-likeness (QED) is 0.470. The minimum atomic E-state index is -4.08. The first-order valence-corrected chi connectivity index (χ1v) is 8.05. The summed E-state index contributed by atoms with van der Waals surface area (Å²) >= 11 is 0. The second-order valence-corrected chi connectivity index (χ2v) is 6.72. The van der Waals surface area contributed by atoms with Crippen LogP contribution in [-0.4, -0.2) is 60.1 Å². The van der Waals surface area contributed by atoms with E-state index < -0.39 is 26.2 Å². The van der Waals surface area contributed by atoms with E-state index in [9.17, 15) is 18.0 Å². The molecular formula is C11H18N4O5S. The van der Waals surface area contributed by atoms with E-state index in [1.165, 1.54) is 0 Å². The van der Waals surface area contributed by atoms with E-state index >= 15 is 0 Å². The van der Waals surface area contributed by atoms with E-state index in [-0.39, 0.29) is 25.7 Å². The van der Waals surface area contributed by atoms with Gasteiger partial charge in [-0.15, -0.1) is 0 Å². The normalized spacial score (nSPS) is 19.2. The first kappa shape index (κ1) is 15.9. The molecule has 1 aliphatic heterocycles. The van der Waals surface area contributed by atoms with Crippen LogP contribution >= 0.6 is 0 Å². The van der Waals surface area contributed by atoms with Crippen LogP contribution in [0.5, 0.6) is 0 Å². The molecule has 1 aromatic heterocycles. The lowest BCUT2D eigenvalue weighted by molar-refractivity contribution is 0.246. The predicted octanol–water partition coefficient (Wildman–Crippen LogP) is -2.20. The zero-order chi connectivity index (χ0) is 15.5. The second-order valence-electron chi connectivity index (χ2n) is 4.82. The van der Waals surface area contributed by atoms with Crippen LogP contribution in [0.3, 0.4) is 0 Å². The van der Waals surface area contributed by atoms with Gasteiger partial charge in [0.25, 0.3) is 5.56 Å². The molecule has 21 heavy (non-hydrogen) atoms. The first-order chi connectivity index (χ1) is 9.95. The maximum Gasteiger partial charge on any atom is 0.325 e. The van der Waals surface area contributed by atoms with Gasteiger partial charge in [0, 0.05) is 25.3 Å². The minimum absolute atomic E-state index is 0.00633. The van der Waals surface area contributed by atoms with Gasteiger partial charge in [-0.2, -0.15) is 4.31 Å². The first-order valence-electron chi connectivity index (χ1n) is 6.61. The highest BCUT2D eigenvalue weighted by Gasteiger charge is 2.30. The van der Waals surface area contributed by atoms with Crippen molar-refractivity contribution >= 4 is 10.0 Å². The van der Waals surface area contributed by atoms with Crippen LogP contribution in [0.4, 0.5) is 0 Å². The van der Waals surface area contributed by atoms with Gasteiger partial charge in [0.1, 0.15) is 0 Å². The van der Waals surface area contributed by atoms with Crippen LogP contribution < -0.4 is 16.6 Å². The molecule has 1 aliphatic rings. The van der Waals surface area contributed by atoms with Gasteiger partial charge in [-0.25, -0.2) is 13.2 Å². The summed E-state index contributed by atoms with van der Waals surface area (Å²) in [5.41, 5.74) is -1.74. The van der Waals surface area contributed by atoms with Gasteiger partial charge in [0.15, 0.2) is 4.90 Å². The summed E-state index contributed by atoms with van der Waals surface area (Å²) in [4.78, 5) is 26.1. The molecule has 1 fully saturated rings. The third-order valence-electron chi connectivity index (χ3n) is 3.34. The number of aromatic nitrogens is 2. The van der Waals surface area contributed by atoms with E-state index in [0.717, 1.165) is 29.9 Å². The Labute approximate surface area is 121 Å². The van der Waals surface area contributed by atoms with Crippen LogP contribution in [0.25, 0.3) is 0 Å². The molecule has 10 heteroatoms. The Balaban J connectivity index is 2.32. The van der Waals surface area contributed by atoms with Crippen molar-refractivity contribution < 1.29 is 13.5 Å². The highest BCUT2D eigenvalue weighted by molar-refractivity contribution is 7.89. The number of hydrogen-bond donors (Lipinski definition) is 4. The number of aliphatic hydroxyl groups is 1. The maximum absolute atomic E-state index is 12.5. The van der Waals surface area contributed by atoms with E-state index in [0.29, 0.717) is 0 Å². The average Bonchev–Trinajstić information content (AvgIpc) is 2.90. The standard InChI is InChI=1S/C11H18N4O5S/c16-5-4-15(7-8-2-1-3-12-8)21(19,20)9-6-13-11(18)14-10(9)17/h6,8,12,16H,1-5,7H2,(H2,13,14,17,18). The van der Waals surface area contributed by atoms with Gasteiger partial charge in [0.05, 0.1) is 6.61 Å². The molecule has 1 saturated heterocycles. The summed E-state index contributed by atoms with van der Waals surface area (Å²) in [6.45, 7) is 0.519. The van der Waals surface area contributed by atoms with Gasteiger partial charge in [-0.05, 0) is 19.4 Å². The average molecular weight is 318 g/mol. The number of nitrogens with one attached hydrogen (secondary N) is 3. The molecule has 1 atom stereocenters. The molecule has 1 unspecified atom stereocenters. The SMILES string of the molecule is O=c1[nH]cc(S(=O)(=O)N(CCO)CC2CCCN2)c(=O)[nH]1.